The van der Waals surface area contributed by atoms with Crippen molar-refractivity contribution in [1.82, 2.24) is 14.7 Å². The first kappa shape index (κ1) is 17.5. The number of nitrogens with zero attached hydrogens (tertiary/aromatic N) is 3. The molecule has 23 heavy (non-hydrogen) atoms. The minimum atomic E-state index is -4.47. The molecule has 1 aromatic heterocycles. The highest BCUT2D eigenvalue weighted by Gasteiger charge is 2.31. The van der Waals surface area contributed by atoms with Crippen LogP contribution in [0.1, 0.15) is 28.5 Å². The van der Waals surface area contributed by atoms with E-state index >= 15 is 0 Å². The summed E-state index contributed by atoms with van der Waals surface area (Å²) in [6.45, 7) is 2.79. The molecule has 0 saturated heterocycles. The van der Waals surface area contributed by atoms with Crippen LogP contribution in [0.2, 0.25) is 0 Å². The first-order chi connectivity index (χ1) is 10.7. The lowest BCUT2D eigenvalue weighted by Crippen LogP contribution is -2.28. The number of hydrogen-bond acceptors (Lipinski definition) is 2. The van der Waals surface area contributed by atoms with E-state index in [-0.39, 0.29) is 12.1 Å². The van der Waals surface area contributed by atoms with E-state index < -0.39 is 17.6 Å². The van der Waals surface area contributed by atoms with Gasteiger partial charge in [-0.2, -0.15) is 18.3 Å². The van der Waals surface area contributed by atoms with Crippen LogP contribution in [0.3, 0.4) is 0 Å². The zero-order valence-electron chi connectivity index (χ0n) is 12.6. The van der Waals surface area contributed by atoms with Crippen molar-refractivity contribution in [3.8, 4) is 0 Å². The van der Waals surface area contributed by atoms with Crippen molar-refractivity contribution < 1.29 is 18.0 Å². The van der Waals surface area contributed by atoms with E-state index in [2.05, 4.69) is 21.0 Å². The van der Waals surface area contributed by atoms with E-state index in [9.17, 15) is 18.0 Å². The van der Waals surface area contributed by atoms with Crippen LogP contribution in [0.4, 0.5) is 13.2 Å². The predicted octanol–water partition coefficient (Wildman–Crippen LogP) is 3.96. The molecule has 1 amide bonds. The van der Waals surface area contributed by atoms with Crippen LogP contribution in [0.15, 0.2) is 34.9 Å². The highest BCUT2D eigenvalue weighted by atomic mass is 79.9. The van der Waals surface area contributed by atoms with Gasteiger partial charge in [0.2, 0.25) is 0 Å². The molecule has 1 heterocycles. The molecule has 2 aromatic rings. The molecule has 0 N–H and O–H groups in total. The number of aromatic nitrogens is 2. The predicted molar refractivity (Wildman–Crippen MR) is 82.8 cm³/mol. The maximum Gasteiger partial charge on any atom is 0.416 e. The lowest BCUT2D eigenvalue weighted by Gasteiger charge is -2.19. The molecule has 4 nitrogen and oxygen atoms in total. The van der Waals surface area contributed by atoms with E-state index in [1.807, 2.05) is 6.92 Å². The average molecular weight is 390 g/mol. The minimum absolute atomic E-state index is 0.000936. The number of carbonyl (C=O) groups excluding carboxylic acids is 1. The second-order valence-electron chi connectivity index (χ2n) is 4.99. The standard InChI is InChI=1S/C15H15BrF3N3O/c1-3-22-13(12(16)8-20-22)9-21(2)14(23)10-5-4-6-11(7-10)15(17,18)19/h4-8H,3,9H2,1-2H3. The summed E-state index contributed by atoms with van der Waals surface area (Å²) in [7, 11) is 1.54. The smallest absolute Gasteiger partial charge is 0.336 e. The van der Waals surface area contributed by atoms with Crippen LogP contribution in [0, 0.1) is 0 Å². The van der Waals surface area contributed by atoms with Crippen molar-refractivity contribution >= 4 is 21.8 Å². The fraction of sp³-hybridized carbons (Fsp3) is 0.333. The molecule has 124 valence electrons. The van der Waals surface area contributed by atoms with Gasteiger partial charge in [-0.25, -0.2) is 0 Å². The Morgan fingerprint density at radius 1 is 1.39 bits per heavy atom. The zero-order valence-corrected chi connectivity index (χ0v) is 14.1. The van der Waals surface area contributed by atoms with Crippen molar-refractivity contribution in [2.75, 3.05) is 7.05 Å². The van der Waals surface area contributed by atoms with E-state index in [4.69, 9.17) is 0 Å². The summed E-state index contributed by atoms with van der Waals surface area (Å²) in [6, 6.07) is 4.42. The van der Waals surface area contributed by atoms with E-state index in [1.54, 1.807) is 17.9 Å². The van der Waals surface area contributed by atoms with Crippen molar-refractivity contribution in [2.24, 2.45) is 0 Å². The SMILES string of the molecule is CCn1ncc(Br)c1CN(C)C(=O)c1cccc(C(F)(F)F)c1. The van der Waals surface area contributed by atoms with Gasteiger partial charge in [-0.15, -0.1) is 0 Å². The van der Waals surface area contributed by atoms with E-state index in [0.29, 0.717) is 6.54 Å². The lowest BCUT2D eigenvalue weighted by molar-refractivity contribution is -0.137. The lowest BCUT2D eigenvalue weighted by atomic mass is 10.1. The summed E-state index contributed by atoms with van der Waals surface area (Å²) in [6.07, 6.45) is -2.85. The zero-order chi connectivity index (χ0) is 17.2. The molecule has 8 heteroatoms. The molecule has 0 aliphatic carbocycles. The van der Waals surface area contributed by atoms with Gasteiger partial charge in [0.1, 0.15) is 0 Å². The summed E-state index contributed by atoms with van der Waals surface area (Å²) >= 11 is 3.36. The van der Waals surface area contributed by atoms with Crippen molar-refractivity contribution in [2.45, 2.75) is 26.2 Å². The average Bonchev–Trinajstić information content (AvgIpc) is 2.86. The number of benzene rings is 1. The van der Waals surface area contributed by atoms with Gasteiger partial charge in [-0.05, 0) is 41.1 Å². The Kier molecular flexibility index (Phi) is 5.13. The molecule has 1 aromatic carbocycles. The van der Waals surface area contributed by atoms with Gasteiger partial charge >= 0.3 is 6.18 Å². The number of halogens is 4. The van der Waals surface area contributed by atoms with Crippen LogP contribution in [-0.4, -0.2) is 27.6 Å². The highest BCUT2D eigenvalue weighted by molar-refractivity contribution is 9.10. The Morgan fingerprint density at radius 2 is 2.09 bits per heavy atom. The Bertz CT molecular complexity index is 712. The van der Waals surface area contributed by atoms with Crippen LogP contribution >= 0.6 is 15.9 Å². The molecule has 0 radical (unpaired) electrons. The van der Waals surface area contributed by atoms with E-state index in [0.717, 1.165) is 22.3 Å². The first-order valence-electron chi connectivity index (χ1n) is 6.87. The summed E-state index contributed by atoms with van der Waals surface area (Å²) in [5, 5.41) is 4.15. The third-order valence-electron chi connectivity index (χ3n) is 3.37. The summed E-state index contributed by atoms with van der Waals surface area (Å²) in [5.41, 5.74) is -0.0483. The Morgan fingerprint density at radius 3 is 2.70 bits per heavy atom. The molecule has 0 aliphatic rings. The van der Waals surface area contributed by atoms with Gasteiger partial charge in [-0.1, -0.05) is 6.07 Å². The van der Waals surface area contributed by atoms with Crippen LogP contribution in [0.5, 0.6) is 0 Å². The Hall–Kier alpha value is -1.83. The number of hydrogen-bond donors (Lipinski definition) is 0. The van der Waals surface area contributed by atoms with Crippen LogP contribution in [-0.2, 0) is 19.3 Å². The maximum atomic E-state index is 12.7. The van der Waals surface area contributed by atoms with Crippen molar-refractivity contribution in [1.29, 1.82) is 0 Å². The quantitative estimate of drug-likeness (QED) is 0.793. The number of alkyl halides is 3. The first-order valence-corrected chi connectivity index (χ1v) is 7.66. The molecule has 0 atom stereocenters. The van der Waals surface area contributed by atoms with Crippen molar-refractivity contribution in [3.63, 3.8) is 0 Å². The van der Waals surface area contributed by atoms with Gasteiger partial charge < -0.3 is 4.90 Å². The fourth-order valence-corrected chi connectivity index (χ4v) is 2.58. The molecular weight excluding hydrogens is 375 g/mol. The molecule has 0 spiro atoms. The van der Waals surface area contributed by atoms with Crippen LogP contribution in [0.25, 0.3) is 0 Å². The summed E-state index contributed by atoms with van der Waals surface area (Å²) in [5.74, 6) is -0.480. The second kappa shape index (κ2) is 6.74. The summed E-state index contributed by atoms with van der Waals surface area (Å²) in [4.78, 5) is 13.7. The third kappa shape index (κ3) is 3.93. The number of aryl methyl sites for hydroxylation is 1. The Labute approximate surface area is 140 Å². The fourth-order valence-electron chi connectivity index (χ4n) is 2.16. The molecule has 2 rings (SSSR count). The third-order valence-corrected chi connectivity index (χ3v) is 4.03. The maximum absolute atomic E-state index is 12.7. The summed E-state index contributed by atoms with van der Waals surface area (Å²) < 4.78 is 40.7. The molecule has 0 aliphatic heterocycles. The molecule has 0 unspecified atom stereocenters. The minimum Gasteiger partial charge on any atom is -0.336 e. The topological polar surface area (TPSA) is 38.1 Å². The van der Waals surface area contributed by atoms with Gasteiger partial charge in [0.25, 0.3) is 5.91 Å². The molecular formula is C15H15BrF3N3O. The second-order valence-corrected chi connectivity index (χ2v) is 5.85. The van der Waals surface area contributed by atoms with Crippen LogP contribution < -0.4 is 0 Å². The Balaban J connectivity index is 2.22. The normalized spacial score (nSPS) is 11.6. The molecule has 0 fully saturated rings. The largest absolute Gasteiger partial charge is 0.416 e. The van der Waals surface area contributed by atoms with Gasteiger partial charge in [0.15, 0.2) is 0 Å². The van der Waals surface area contributed by atoms with Gasteiger partial charge in [0, 0.05) is 19.2 Å². The van der Waals surface area contributed by atoms with Gasteiger partial charge in [0.05, 0.1) is 28.5 Å². The number of rotatable bonds is 4. The van der Waals surface area contributed by atoms with Crippen molar-refractivity contribution in [3.05, 3.63) is 51.8 Å². The number of carbonyl (C=O) groups is 1. The van der Waals surface area contributed by atoms with E-state index in [1.165, 1.54) is 17.0 Å². The molecule has 0 bridgehead atoms. The number of amides is 1. The monoisotopic (exact) mass is 389 g/mol. The molecule has 0 saturated carbocycles. The highest BCUT2D eigenvalue weighted by Crippen LogP contribution is 2.29. The van der Waals surface area contributed by atoms with Gasteiger partial charge in [-0.3, -0.25) is 9.48 Å².